The van der Waals surface area contributed by atoms with E-state index in [4.69, 9.17) is 0 Å². The van der Waals surface area contributed by atoms with Crippen LogP contribution < -0.4 is 4.72 Å². The smallest absolute Gasteiger partial charge is 0.258 e. The predicted molar refractivity (Wildman–Crippen MR) is 78.1 cm³/mol. The highest BCUT2D eigenvalue weighted by molar-refractivity contribution is 7.89. The highest BCUT2D eigenvalue weighted by Gasteiger charge is 2.24. The highest BCUT2D eigenvalue weighted by atomic mass is 32.2. The van der Waals surface area contributed by atoms with Crippen molar-refractivity contribution >= 4 is 15.7 Å². The molecular weight excluding hydrogens is 349 g/mol. The quantitative estimate of drug-likeness (QED) is 0.656. The number of rotatable bonds is 5. The van der Waals surface area contributed by atoms with Crippen LogP contribution in [0.5, 0.6) is 0 Å². The van der Waals surface area contributed by atoms with Crippen molar-refractivity contribution in [3.05, 3.63) is 69.5 Å². The maximum Gasteiger partial charge on any atom is 0.306 e. The van der Waals surface area contributed by atoms with Gasteiger partial charge in [0.2, 0.25) is 15.8 Å². The van der Waals surface area contributed by atoms with Gasteiger partial charge in [-0.1, -0.05) is 6.07 Å². The highest BCUT2D eigenvalue weighted by Crippen LogP contribution is 2.24. The van der Waals surface area contributed by atoms with Gasteiger partial charge in [-0.2, -0.15) is 4.39 Å². The first-order chi connectivity index (χ1) is 11.1. The van der Waals surface area contributed by atoms with E-state index in [1.165, 1.54) is 6.92 Å². The average Bonchev–Trinajstić information content (AvgIpc) is 2.46. The molecule has 24 heavy (non-hydrogen) atoms. The molecule has 2 aromatic rings. The lowest BCUT2D eigenvalue weighted by molar-refractivity contribution is -0.387. The standard InChI is InChI=1S/C14H11F3N2O4S/c1-8(11-4-2-9(15)6-13(11)17)18-24(22,23)10-3-5-12(16)14(7-10)19(20)21/h2-8,18H,1H3/t8-/m1/s1. The Morgan fingerprint density at radius 2 is 1.75 bits per heavy atom. The molecule has 10 heteroatoms. The van der Waals surface area contributed by atoms with Crippen LogP contribution in [-0.2, 0) is 10.0 Å². The number of nitro groups is 1. The Morgan fingerprint density at radius 1 is 1.08 bits per heavy atom. The number of benzene rings is 2. The summed E-state index contributed by atoms with van der Waals surface area (Å²) < 4.78 is 66.4. The third-order valence-electron chi connectivity index (χ3n) is 3.19. The third-order valence-corrected chi connectivity index (χ3v) is 4.72. The van der Waals surface area contributed by atoms with E-state index in [9.17, 15) is 31.7 Å². The summed E-state index contributed by atoms with van der Waals surface area (Å²) in [6.45, 7) is 1.31. The van der Waals surface area contributed by atoms with E-state index < -0.39 is 49.0 Å². The van der Waals surface area contributed by atoms with Crippen LogP contribution in [0.1, 0.15) is 18.5 Å². The van der Waals surface area contributed by atoms with Crippen molar-refractivity contribution in [1.29, 1.82) is 0 Å². The second-order valence-corrected chi connectivity index (χ2v) is 6.59. The van der Waals surface area contributed by atoms with Crippen LogP contribution in [0.2, 0.25) is 0 Å². The van der Waals surface area contributed by atoms with Crippen LogP contribution in [0.3, 0.4) is 0 Å². The Kier molecular flexibility index (Phi) is 4.90. The lowest BCUT2D eigenvalue weighted by Gasteiger charge is -2.15. The Bertz CT molecular complexity index is 903. The van der Waals surface area contributed by atoms with Gasteiger partial charge in [0.25, 0.3) is 0 Å². The summed E-state index contributed by atoms with van der Waals surface area (Å²) in [6.07, 6.45) is 0. The molecule has 0 saturated carbocycles. The van der Waals surface area contributed by atoms with Crippen LogP contribution >= 0.6 is 0 Å². The summed E-state index contributed by atoms with van der Waals surface area (Å²) in [5, 5.41) is 10.7. The lowest BCUT2D eigenvalue weighted by Crippen LogP contribution is -2.27. The number of nitro benzene ring substituents is 1. The van der Waals surface area contributed by atoms with Crippen molar-refractivity contribution in [2.75, 3.05) is 0 Å². The van der Waals surface area contributed by atoms with E-state index in [0.29, 0.717) is 18.2 Å². The molecule has 0 aliphatic rings. The molecule has 0 bridgehead atoms. The van der Waals surface area contributed by atoms with Gasteiger partial charge in [0.1, 0.15) is 11.6 Å². The fourth-order valence-corrected chi connectivity index (χ4v) is 3.26. The van der Waals surface area contributed by atoms with Crippen molar-refractivity contribution in [1.82, 2.24) is 4.72 Å². The molecule has 0 heterocycles. The van der Waals surface area contributed by atoms with Gasteiger partial charge in [0, 0.05) is 23.7 Å². The summed E-state index contributed by atoms with van der Waals surface area (Å²) >= 11 is 0. The first kappa shape index (κ1) is 17.9. The minimum atomic E-state index is -4.29. The monoisotopic (exact) mass is 360 g/mol. The number of sulfonamides is 1. The summed E-state index contributed by atoms with van der Waals surface area (Å²) in [4.78, 5) is 9.08. The Balaban J connectivity index is 2.34. The van der Waals surface area contributed by atoms with Gasteiger partial charge < -0.3 is 0 Å². The zero-order chi connectivity index (χ0) is 18.1. The lowest BCUT2D eigenvalue weighted by atomic mass is 10.1. The Hall–Kier alpha value is -2.46. The molecule has 0 aliphatic heterocycles. The van der Waals surface area contributed by atoms with Gasteiger partial charge in [-0.25, -0.2) is 21.9 Å². The zero-order valence-electron chi connectivity index (χ0n) is 12.2. The summed E-state index contributed by atoms with van der Waals surface area (Å²) in [5.74, 6) is -2.95. The number of hydrogen-bond acceptors (Lipinski definition) is 4. The summed E-state index contributed by atoms with van der Waals surface area (Å²) in [5.41, 5.74) is -1.12. The average molecular weight is 360 g/mol. The second kappa shape index (κ2) is 6.57. The van der Waals surface area contributed by atoms with E-state index in [1.54, 1.807) is 0 Å². The van der Waals surface area contributed by atoms with Gasteiger partial charge in [0.05, 0.1) is 9.82 Å². The molecule has 0 unspecified atom stereocenters. The van der Waals surface area contributed by atoms with Crippen molar-refractivity contribution in [3.8, 4) is 0 Å². The minimum Gasteiger partial charge on any atom is -0.258 e. The van der Waals surface area contributed by atoms with E-state index in [0.717, 1.165) is 18.2 Å². The van der Waals surface area contributed by atoms with Crippen LogP contribution in [0.4, 0.5) is 18.9 Å². The minimum absolute atomic E-state index is 0.114. The third kappa shape index (κ3) is 3.71. The molecule has 128 valence electrons. The number of nitrogens with zero attached hydrogens (tertiary/aromatic N) is 1. The predicted octanol–water partition coefficient (Wildman–Crippen LogP) is 3.05. The van der Waals surface area contributed by atoms with E-state index in [-0.39, 0.29) is 5.56 Å². The molecule has 0 radical (unpaired) electrons. The van der Waals surface area contributed by atoms with Crippen molar-refractivity contribution < 1.29 is 26.5 Å². The van der Waals surface area contributed by atoms with Crippen molar-refractivity contribution in [3.63, 3.8) is 0 Å². The fourth-order valence-electron chi connectivity index (χ4n) is 2.02. The second-order valence-electron chi connectivity index (χ2n) is 4.88. The first-order valence-electron chi connectivity index (χ1n) is 6.53. The van der Waals surface area contributed by atoms with Crippen LogP contribution in [0.25, 0.3) is 0 Å². The Labute approximate surface area is 135 Å². The molecule has 2 aromatic carbocycles. The number of nitrogens with one attached hydrogen (secondary N) is 1. The molecular formula is C14H11F3N2O4S. The van der Waals surface area contributed by atoms with Gasteiger partial charge in [-0.05, 0) is 25.1 Å². The van der Waals surface area contributed by atoms with Gasteiger partial charge in [0.15, 0.2) is 0 Å². The molecule has 1 N–H and O–H groups in total. The molecule has 0 fully saturated rings. The molecule has 2 rings (SSSR count). The van der Waals surface area contributed by atoms with E-state index in [2.05, 4.69) is 4.72 Å². The van der Waals surface area contributed by atoms with Gasteiger partial charge >= 0.3 is 5.69 Å². The summed E-state index contributed by atoms with van der Waals surface area (Å²) in [7, 11) is -4.29. The number of halogens is 3. The van der Waals surface area contributed by atoms with Crippen LogP contribution in [0.15, 0.2) is 41.3 Å². The SMILES string of the molecule is C[C@@H](NS(=O)(=O)c1ccc(F)c([N+](=O)[O-])c1)c1ccc(F)cc1F. The molecule has 0 saturated heterocycles. The van der Waals surface area contributed by atoms with Crippen molar-refractivity contribution in [2.45, 2.75) is 17.9 Å². The van der Waals surface area contributed by atoms with Crippen LogP contribution in [0, 0.1) is 27.6 Å². The maximum atomic E-state index is 13.7. The van der Waals surface area contributed by atoms with Crippen LogP contribution in [-0.4, -0.2) is 13.3 Å². The largest absolute Gasteiger partial charge is 0.306 e. The number of hydrogen-bond donors (Lipinski definition) is 1. The maximum absolute atomic E-state index is 13.7. The van der Waals surface area contributed by atoms with Crippen molar-refractivity contribution in [2.24, 2.45) is 0 Å². The molecule has 0 amide bonds. The van der Waals surface area contributed by atoms with Gasteiger partial charge in [-0.3, -0.25) is 10.1 Å². The normalized spacial score (nSPS) is 12.8. The molecule has 0 aromatic heterocycles. The molecule has 1 atom stereocenters. The fraction of sp³-hybridized carbons (Fsp3) is 0.143. The van der Waals surface area contributed by atoms with E-state index in [1.807, 2.05) is 0 Å². The van der Waals surface area contributed by atoms with Gasteiger partial charge in [-0.15, -0.1) is 0 Å². The topological polar surface area (TPSA) is 89.3 Å². The zero-order valence-corrected chi connectivity index (χ0v) is 13.0. The molecule has 6 nitrogen and oxygen atoms in total. The molecule has 0 aliphatic carbocycles. The first-order valence-corrected chi connectivity index (χ1v) is 8.01. The Morgan fingerprint density at radius 3 is 2.33 bits per heavy atom. The molecule has 0 spiro atoms. The van der Waals surface area contributed by atoms with E-state index >= 15 is 0 Å². The summed E-state index contributed by atoms with van der Waals surface area (Å²) in [6, 6.07) is 3.61.